The van der Waals surface area contributed by atoms with Crippen LogP contribution in [0.1, 0.15) is 36.8 Å². The van der Waals surface area contributed by atoms with E-state index in [1.165, 1.54) is 12.1 Å². The fourth-order valence-electron chi connectivity index (χ4n) is 1.61. The van der Waals surface area contributed by atoms with Gasteiger partial charge in [0.2, 0.25) is 0 Å². The second kappa shape index (κ2) is 6.29. The van der Waals surface area contributed by atoms with Crippen molar-refractivity contribution in [2.75, 3.05) is 0 Å². The van der Waals surface area contributed by atoms with Crippen LogP contribution in [-0.2, 0) is 12.6 Å². The summed E-state index contributed by atoms with van der Waals surface area (Å²) >= 11 is 0. The minimum Gasteiger partial charge on any atom is -0.198 e. The third-order valence-corrected chi connectivity index (χ3v) is 2.51. The van der Waals surface area contributed by atoms with E-state index in [0.717, 1.165) is 25.3 Å². The summed E-state index contributed by atoms with van der Waals surface area (Å²) in [5.74, 6) is 0. The summed E-state index contributed by atoms with van der Waals surface area (Å²) in [7, 11) is 0. The van der Waals surface area contributed by atoms with Crippen molar-refractivity contribution in [3.63, 3.8) is 0 Å². The molecule has 0 aliphatic carbocycles. The highest BCUT2D eigenvalue weighted by Gasteiger charge is 2.30. The maximum Gasteiger partial charge on any atom is 0.416 e. The lowest BCUT2D eigenvalue weighted by atomic mass is 10.0. The van der Waals surface area contributed by atoms with Gasteiger partial charge in [0.15, 0.2) is 0 Å². The van der Waals surface area contributed by atoms with Crippen molar-refractivity contribution in [2.45, 2.75) is 38.3 Å². The number of nitriles is 1. The van der Waals surface area contributed by atoms with Crippen LogP contribution in [0.25, 0.3) is 0 Å². The Kier molecular flexibility index (Phi) is 5.02. The molecule has 0 N–H and O–H groups in total. The fourth-order valence-corrected chi connectivity index (χ4v) is 1.61. The van der Waals surface area contributed by atoms with Gasteiger partial charge >= 0.3 is 6.18 Å². The molecule has 4 heteroatoms. The van der Waals surface area contributed by atoms with Crippen molar-refractivity contribution in [1.82, 2.24) is 0 Å². The van der Waals surface area contributed by atoms with E-state index in [1.54, 1.807) is 6.07 Å². The molecular formula is C13H14F3N. The monoisotopic (exact) mass is 241 g/mol. The highest BCUT2D eigenvalue weighted by Crippen LogP contribution is 2.29. The van der Waals surface area contributed by atoms with Gasteiger partial charge in [-0.2, -0.15) is 18.4 Å². The SMILES string of the molecule is N#CCCCCCc1cccc(C(F)(F)F)c1. The van der Waals surface area contributed by atoms with Gasteiger partial charge in [-0.15, -0.1) is 0 Å². The van der Waals surface area contributed by atoms with Crippen LogP contribution in [-0.4, -0.2) is 0 Å². The molecule has 1 aromatic carbocycles. The first-order valence-corrected chi connectivity index (χ1v) is 5.57. The smallest absolute Gasteiger partial charge is 0.198 e. The van der Waals surface area contributed by atoms with Crippen LogP contribution in [0.3, 0.4) is 0 Å². The lowest BCUT2D eigenvalue weighted by molar-refractivity contribution is -0.137. The van der Waals surface area contributed by atoms with Gasteiger partial charge in [0.05, 0.1) is 11.6 Å². The Bertz CT molecular complexity index is 390. The molecule has 0 aliphatic rings. The molecule has 1 aromatic rings. The summed E-state index contributed by atoms with van der Waals surface area (Å²) in [6.07, 6.45) is -0.600. The van der Waals surface area contributed by atoms with Gasteiger partial charge in [-0.1, -0.05) is 24.6 Å². The maximum atomic E-state index is 12.4. The molecule has 0 spiro atoms. The Morgan fingerprint density at radius 3 is 2.53 bits per heavy atom. The van der Waals surface area contributed by atoms with Gasteiger partial charge < -0.3 is 0 Å². The van der Waals surface area contributed by atoms with E-state index in [1.807, 2.05) is 6.07 Å². The largest absolute Gasteiger partial charge is 0.416 e. The molecule has 0 radical (unpaired) electrons. The van der Waals surface area contributed by atoms with Crippen LogP contribution in [0, 0.1) is 11.3 Å². The molecule has 0 unspecified atom stereocenters. The standard InChI is InChI=1S/C13H14F3N/c14-13(15,16)12-8-5-7-11(10-12)6-3-1-2-4-9-17/h5,7-8,10H,1-4,6H2. The Hall–Kier alpha value is -1.50. The number of hydrogen-bond acceptors (Lipinski definition) is 1. The number of rotatable bonds is 5. The molecule has 0 aromatic heterocycles. The molecular weight excluding hydrogens is 227 g/mol. The molecule has 0 saturated heterocycles. The number of alkyl halides is 3. The predicted octanol–water partition coefficient (Wildman–Crippen LogP) is 4.33. The minimum atomic E-state index is -4.27. The lowest BCUT2D eigenvalue weighted by Gasteiger charge is -2.08. The van der Waals surface area contributed by atoms with Gasteiger partial charge in [0, 0.05) is 6.42 Å². The first kappa shape index (κ1) is 13.6. The highest BCUT2D eigenvalue weighted by atomic mass is 19.4. The number of halogens is 3. The third-order valence-electron chi connectivity index (χ3n) is 2.51. The van der Waals surface area contributed by atoms with Crippen LogP contribution in [0.2, 0.25) is 0 Å². The van der Waals surface area contributed by atoms with E-state index < -0.39 is 11.7 Å². The average Bonchev–Trinajstić information content (AvgIpc) is 2.28. The molecule has 0 aliphatic heterocycles. The zero-order valence-corrected chi connectivity index (χ0v) is 9.43. The van der Waals surface area contributed by atoms with Gasteiger partial charge in [0.1, 0.15) is 0 Å². The van der Waals surface area contributed by atoms with Crippen molar-refractivity contribution < 1.29 is 13.2 Å². The van der Waals surface area contributed by atoms with Gasteiger partial charge in [-0.3, -0.25) is 0 Å². The van der Waals surface area contributed by atoms with Gasteiger partial charge in [0.25, 0.3) is 0 Å². The number of nitrogens with zero attached hydrogens (tertiary/aromatic N) is 1. The van der Waals surface area contributed by atoms with Gasteiger partial charge in [-0.25, -0.2) is 0 Å². The molecule has 0 bridgehead atoms. The van der Waals surface area contributed by atoms with Crippen molar-refractivity contribution in [2.24, 2.45) is 0 Å². The quantitative estimate of drug-likeness (QED) is 0.704. The first-order valence-electron chi connectivity index (χ1n) is 5.57. The average molecular weight is 241 g/mol. The Labute approximate surface area is 98.9 Å². The van der Waals surface area contributed by atoms with Crippen LogP contribution in [0.5, 0.6) is 0 Å². The van der Waals surface area contributed by atoms with Crippen molar-refractivity contribution in [3.05, 3.63) is 35.4 Å². The molecule has 92 valence electrons. The van der Waals surface area contributed by atoms with Crippen LogP contribution >= 0.6 is 0 Å². The zero-order valence-electron chi connectivity index (χ0n) is 9.43. The van der Waals surface area contributed by atoms with Crippen molar-refractivity contribution >= 4 is 0 Å². The molecule has 0 fully saturated rings. The molecule has 1 rings (SSSR count). The summed E-state index contributed by atoms with van der Waals surface area (Å²) in [5, 5.41) is 8.33. The van der Waals surface area contributed by atoms with Crippen LogP contribution in [0.15, 0.2) is 24.3 Å². The summed E-state index contributed by atoms with van der Waals surface area (Å²) in [4.78, 5) is 0. The normalized spacial score (nSPS) is 11.2. The molecule has 17 heavy (non-hydrogen) atoms. The van der Waals surface area contributed by atoms with Crippen molar-refractivity contribution in [3.8, 4) is 6.07 Å². The van der Waals surface area contributed by atoms with E-state index in [0.29, 0.717) is 18.4 Å². The Morgan fingerprint density at radius 2 is 1.88 bits per heavy atom. The second-order valence-corrected chi connectivity index (χ2v) is 3.92. The molecule has 1 nitrogen and oxygen atoms in total. The number of unbranched alkanes of at least 4 members (excludes halogenated alkanes) is 3. The highest BCUT2D eigenvalue weighted by molar-refractivity contribution is 5.25. The summed E-state index contributed by atoms with van der Waals surface area (Å²) in [5.41, 5.74) is 0.115. The number of benzene rings is 1. The summed E-state index contributed by atoms with van der Waals surface area (Å²) in [6.45, 7) is 0. The molecule has 0 heterocycles. The molecule has 0 atom stereocenters. The van der Waals surface area contributed by atoms with E-state index >= 15 is 0 Å². The van der Waals surface area contributed by atoms with Crippen LogP contribution in [0.4, 0.5) is 13.2 Å². The second-order valence-electron chi connectivity index (χ2n) is 3.92. The van der Waals surface area contributed by atoms with E-state index in [4.69, 9.17) is 5.26 Å². The van der Waals surface area contributed by atoms with E-state index in [2.05, 4.69) is 0 Å². The minimum absolute atomic E-state index is 0.516. The topological polar surface area (TPSA) is 23.8 Å². The van der Waals surface area contributed by atoms with E-state index in [9.17, 15) is 13.2 Å². The first-order chi connectivity index (χ1) is 8.04. The Balaban J connectivity index is 2.47. The predicted molar refractivity (Wildman–Crippen MR) is 59.2 cm³/mol. The number of hydrogen-bond donors (Lipinski definition) is 0. The third kappa shape index (κ3) is 4.90. The fraction of sp³-hybridized carbons (Fsp3) is 0.462. The molecule has 0 amide bonds. The van der Waals surface area contributed by atoms with Gasteiger partial charge in [-0.05, 0) is 30.9 Å². The van der Waals surface area contributed by atoms with Crippen LogP contribution < -0.4 is 0 Å². The number of aryl methyl sites for hydroxylation is 1. The summed E-state index contributed by atoms with van der Waals surface area (Å²) in [6, 6.07) is 7.47. The Morgan fingerprint density at radius 1 is 1.12 bits per heavy atom. The zero-order chi connectivity index (χ0) is 12.7. The maximum absolute atomic E-state index is 12.4. The lowest BCUT2D eigenvalue weighted by Crippen LogP contribution is -2.05. The van der Waals surface area contributed by atoms with E-state index in [-0.39, 0.29) is 0 Å². The molecule has 0 saturated carbocycles. The summed E-state index contributed by atoms with van der Waals surface area (Å²) < 4.78 is 37.3. The van der Waals surface area contributed by atoms with Crippen molar-refractivity contribution in [1.29, 1.82) is 5.26 Å².